The van der Waals surface area contributed by atoms with Gasteiger partial charge in [0.25, 0.3) is 5.91 Å². The summed E-state index contributed by atoms with van der Waals surface area (Å²) in [5.41, 5.74) is -1.53. The summed E-state index contributed by atoms with van der Waals surface area (Å²) >= 11 is 6.51. The van der Waals surface area contributed by atoms with E-state index in [9.17, 15) is 19.5 Å². The first-order valence-corrected chi connectivity index (χ1v) is 13.7. The van der Waals surface area contributed by atoms with E-state index in [2.05, 4.69) is 13.2 Å². The van der Waals surface area contributed by atoms with Crippen LogP contribution in [0.3, 0.4) is 0 Å². The van der Waals surface area contributed by atoms with Crippen molar-refractivity contribution in [1.29, 1.82) is 0 Å². The zero-order valence-corrected chi connectivity index (χ0v) is 23.2. The van der Waals surface area contributed by atoms with Crippen LogP contribution in [-0.4, -0.2) is 82.7 Å². The van der Waals surface area contributed by atoms with Crippen molar-refractivity contribution in [2.75, 3.05) is 31.6 Å². The van der Waals surface area contributed by atoms with Crippen LogP contribution in [0.4, 0.5) is 5.69 Å². The van der Waals surface area contributed by atoms with Crippen LogP contribution in [0.2, 0.25) is 5.02 Å². The quantitative estimate of drug-likeness (QED) is 0.432. The zero-order valence-electron chi connectivity index (χ0n) is 22.4. The van der Waals surface area contributed by atoms with Crippen LogP contribution >= 0.6 is 11.6 Å². The number of hydrogen-bond acceptors (Lipinski definition) is 5. The molecule has 3 saturated heterocycles. The van der Waals surface area contributed by atoms with Crippen LogP contribution in [0.15, 0.2) is 49.6 Å². The summed E-state index contributed by atoms with van der Waals surface area (Å²) in [5.74, 6) is -2.43. The van der Waals surface area contributed by atoms with Gasteiger partial charge >= 0.3 is 0 Å². The average molecular weight is 544 g/mol. The van der Waals surface area contributed by atoms with Gasteiger partial charge < -0.3 is 24.5 Å². The first-order valence-electron chi connectivity index (χ1n) is 13.3. The molecule has 1 aromatic carbocycles. The first-order chi connectivity index (χ1) is 18.2. The summed E-state index contributed by atoms with van der Waals surface area (Å²) in [6.45, 7) is 11.6. The van der Waals surface area contributed by atoms with Crippen LogP contribution < -0.4 is 4.90 Å². The number of fused-ring (bicyclic) bond motifs is 1. The van der Waals surface area contributed by atoms with Crippen molar-refractivity contribution in [3.8, 4) is 0 Å². The summed E-state index contributed by atoms with van der Waals surface area (Å²) < 4.78 is 6.83. The van der Waals surface area contributed by atoms with E-state index in [0.717, 1.165) is 0 Å². The Morgan fingerprint density at radius 3 is 2.47 bits per heavy atom. The Balaban J connectivity index is 1.88. The van der Waals surface area contributed by atoms with Crippen LogP contribution in [0.25, 0.3) is 0 Å². The van der Waals surface area contributed by atoms with Crippen molar-refractivity contribution >= 4 is 35.0 Å². The van der Waals surface area contributed by atoms with Crippen LogP contribution in [-0.2, 0) is 19.1 Å². The number of anilines is 1. The second kappa shape index (κ2) is 10.8. The second-order valence-electron chi connectivity index (χ2n) is 10.5. The maximum atomic E-state index is 14.6. The van der Waals surface area contributed by atoms with Gasteiger partial charge in [-0.25, -0.2) is 0 Å². The largest absolute Gasteiger partial charge is 0.394 e. The number of likely N-dealkylation sites (N-methyl/N-ethyl adjacent to an activating group) is 1. The predicted molar refractivity (Wildman–Crippen MR) is 147 cm³/mol. The highest BCUT2D eigenvalue weighted by Gasteiger charge is 2.79. The molecule has 38 heavy (non-hydrogen) atoms. The number of rotatable bonds is 11. The third kappa shape index (κ3) is 4.08. The zero-order chi connectivity index (χ0) is 27.8. The van der Waals surface area contributed by atoms with Crippen molar-refractivity contribution in [2.24, 2.45) is 11.8 Å². The Labute approximate surface area is 229 Å². The highest BCUT2D eigenvalue weighted by molar-refractivity contribution is 6.34. The van der Waals surface area contributed by atoms with Gasteiger partial charge in [-0.1, -0.05) is 49.7 Å². The molecule has 3 aliphatic heterocycles. The molecule has 8 nitrogen and oxygen atoms in total. The minimum Gasteiger partial charge on any atom is -0.394 e. The molecule has 6 atom stereocenters. The Morgan fingerprint density at radius 2 is 1.89 bits per heavy atom. The van der Waals surface area contributed by atoms with Crippen LogP contribution in [0.1, 0.15) is 39.5 Å². The van der Waals surface area contributed by atoms with Gasteiger partial charge in [-0.15, -0.1) is 13.2 Å². The highest BCUT2D eigenvalue weighted by atomic mass is 35.5. The lowest BCUT2D eigenvalue weighted by molar-refractivity contribution is -0.153. The number of para-hydroxylation sites is 1. The fraction of sp³-hybridized carbons (Fsp3) is 0.552. The van der Waals surface area contributed by atoms with Gasteiger partial charge in [0.1, 0.15) is 11.6 Å². The fourth-order valence-electron chi connectivity index (χ4n) is 6.89. The lowest BCUT2D eigenvalue weighted by Gasteiger charge is -2.39. The van der Waals surface area contributed by atoms with Gasteiger partial charge in [0.2, 0.25) is 11.8 Å². The van der Waals surface area contributed by atoms with Gasteiger partial charge in [-0.2, -0.15) is 0 Å². The van der Waals surface area contributed by atoms with Crippen LogP contribution in [0, 0.1) is 11.8 Å². The smallest absolute Gasteiger partial charge is 0.253 e. The Hall–Kier alpha value is -2.68. The van der Waals surface area contributed by atoms with E-state index >= 15 is 0 Å². The molecule has 0 radical (unpaired) electrons. The number of nitrogens with zero attached hydrogens (tertiary/aromatic N) is 3. The summed E-state index contributed by atoms with van der Waals surface area (Å²) in [6, 6.07) is 5.40. The normalized spacial score (nSPS) is 30.2. The SMILES string of the molecule is C=CCN(C)C(=O)[C@@H]1[C@H]2C(=O)N([C@@H](CC)CO)C(C(=O)N(CC=C)c3ccccc3Cl)C23CC[C@@]1(CC)O3. The molecule has 3 aliphatic rings. The average Bonchev–Trinajstić information content (AvgIpc) is 3.52. The molecule has 206 valence electrons. The van der Waals surface area contributed by atoms with Crippen molar-refractivity contribution in [2.45, 2.75) is 62.8 Å². The van der Waals surface area contributed by atoms with Crippen LogP contribution in [0.5, 0.6) is 0 Å². The molecule has 0 aliphatic carbocycles. The summed E-state index contributed by atoms with van der Waals surface area (Å²) in [6.07, 6.45) is 5.26. The molecule has 3 heterocycles. The molecule has 4 rings (SSSR count). The third-order valence-corrected chi connectivity index (χ3v) is 9.01. The maximum absolute atomic E-state index is 14.6. The standard InChI is InChI=1S/C29H38ClN3O5/c1-6-16-31(5)25(35)22-23-26(36)33(19(8-3)18-34)24(29(23)15-14-28(22,9-4)38-29)27(37)32(17-7-2)21-13-11-10-12-20(21)30/h6-7,10-13,19,22-24,34H,1-2,8-9,14-18H2,3-5H3/t19-,22-,23-,24?,28+,29?/m0/s1. The monoisotopic (exact) mass is 543 g/mol. The molecular formula is C29H38ClN3O5. The molecule has 2 unspecified atom stereocenters. The maximum Gasteiger partial charge on any atom is 0.253 e. The number of carbonyl (C=O) groups excluding carboxylic acids is 3. The minimum atomic E-state index is -1.19. The second-order valence-corrected chi connectivity index (χ2v) is 10.9. The summed E-state index contributed by atoms with van der Waals surface area (Å²) in [7, 11) is 1.69. The molecule has 1 N–H and O–H groups in total. The number of likely N-dealkylation sites (tertiary alicyclic amines) is 1. The first kappa shape index (κ1) is 28.3. The molecule has 3 amide bonds. The van der Waals surface area contributed by atoms with E-state index in [-0.39, 0.29) is 30.9 Å². The number of halogens is 1. The predicted octanol–water partition coefficient (Wildman–Crippen LogP) is 3.43. The number of aliphatic hydroxyl groups excluding tert-OH is 1. The third-order valence-electron chi connectivity index (χ3n) is 8.69. The molecule has 2 bridgehead atoms. The van der Waals surface area contributed by atoms with Gasteiger partial charge in [0.15, 0.2) is 0 Å². The van der Waals surface area contributed by atoms with Crippen molar-refractivity contribution in [3.63, 3.8) is 0 Å². The van der Waals surface area contributed by atoms with E-state index < -0.39 is 35.1 Å². The number of hydrogen-bond donors (Lipinski definition) is 1. The van der Waals surface area contributed by atoms with Gasteiger partial charge in [0, 0.05) is 20.1 Å². The lowest BCUT2D eigenvalue weighted by Crippen LogP contribution is -2.59. The number of aliphatic hydroxyl groups is 1. The Bertz CT molecular complexity index is 1120. The molecule has 3 fully saturated rings. The Morgan fingerprint density at radius 1 is 1.21 bits per heavy atom. The highest BCUT2D eigenvalue weighted by Crippen LogP contribution is 2.65. The number of ether oxygens (including phenoxy) is 1. The molecule has 1 aromatic rings. The van der Waals surface area contributed by atoms with Gasteiger partial charge in [-0.05, 0) is 37.8 Å². The van der Waals surface area contributed by atoms with E-state index in [1.54, 1.807) is 48.4 Å². The number of benzene rings is 1. The van der Waals surface area contributed by atoms with E-state index in [4.69, 9.17) is 16.3 Å². The molecule has 9 heteroatoms. The molecule has 0 saturated carbocycles. The van der Waals surface area contributed by atoms with Crippen molar-refractivity contribution in [3.05, 3.63) is 54.6 Å². The Kier molecular flexibility index (Phi) is 8.07. The summed E-state index contributed by atoms with van der Waals surface area (Å²) in [5, 5.41) is 10.7. The van der Waals surface area contributed by atoms with E-state index in [1.807, 2.05) is 13.8 Å². The topological polar surface area (TPSA) is 90.4 Å². The lowest BCUT2D eigenvalue weighted by atomic mass is 9.64. The fourth-order valence-corrected chi connectivity index (χ4v) is 7.13. The number of carbonyl (C=O) groups is 3. The van der Waals surface area contributed by atoms with Gasteiger partial charge in [-0.3, -0.25) is 14.4 Å². The summed E-state index contributed by atoms with van der Waals surface area (Å²) in [4.78, 5) is 47.3. The molecular weight excluding hydrogens is 506 g/mol. The van der Waals surface area contributed by atoms with Crippen molar-refractivity contribution in [1.82, 2.24) is 9.80 Å². The molecule has 0 aromatic heterocycles. The minimum absolute atomic E-state index is 0.168. The van der Waals surface area contributed by atoms with E-state index in [0.29, 0.717) is 42.9 Å². The number of amides is 3. The van der Waals surface area contributed by atoms with Gasteiger partial charge in [0.05, 0.1) is 40.8 Å². The molecule has 1 spiro atoms. The van der Waals surface area contributed by atoms with Crippen molar-refractivity contribution < 1.29 is 24.2 Å². The van der Waals surface area contributed by atoms with E-state index in [1.165, 1.54) is 9.80 Å².